The van der Waals surface area contributed by atoms with E-state index in [1.807, 2.05) is 38.1 Å². The van der Waals surface area contributed by atoms with E-state index in [1.54, 1.807) is 7.11 Å². The van der Waals surface area contributed by atoms with Crippen molar-refractivity contribution in [2.45, 2.75) is 25.8 Å². The number of ether oxygens (including phenoxy) is 2. The first-order chi connectivity index (χ1) is 9.55. The highest BCUT2D eigenvalue weighted by atomic mass is 16.5. The van der Waals surface area contributed by atoms with Crippen LogP contribution in [-0.2, 0) is 16.0 Å². The van der Waals surface area contributed by atoms with E-state index in [0.717, 1.165) is 24.4 Å². The number of para-hydroxylation sites is 1. The average Bonchev–Trinajstić information content (AvgIpc) is 2.48. The summed E-state index contributed by atoms with van der Waals surface area (Å²) in [5, 5.41) is 0. The Morgan fingerprint density at radius 1 is 1.30 bits per heavy atom. The number of morpholine rings is 1. The Morgan fingerprint density at radius 3 is 2.60 bits per heavy atom. The van der Waals surface area contributed by atoms with Gasteiger partial charge in [0.25, 0.3) is 0 Å². The molecule has 1 heterocycles. The highest BCUT2D eigenvalue weighted by Gasteiger charge is 2.35. The van der Waals surface area contributed by atoms with Crippen molar-refractivity contribution in [2.24, 2.45) is 0 Å². The molecule has 0 bridgehead atoms. The fourth-order valence-electron chi connectivity index (χ4n) is 2.54. The van der Waals surface area contributed by atoms with Gasteiger partial charge in [-0.15, -0.1) is 0 Å². The number of carbonyl (C=O) groups is 1. The topological polar surface area (TPSA) is 38.8 Å². The van der Waals surface area contributed by atoms with Crippen molar-refractivity contribution >= 4 is 5.78 Å². The van der Waals surface area contributed by atoms with E-state index in [4.69, 9.17) is 9.47 Å². The van der Waals surface area contributed by atoms with Crippen LogP contribution in [0.5, 0.6) is 5.75 Å². The molecule has 4 nitrogen and oxygen atoms in total. The van der Waals surface area contributed by atoms with Gasteiger partial charge in [-0.3, -0.25) is 9.69 Å². The highest BCUT2D eigenvalue weighted by Crippen LogP contribution is 2.23. The van der Waals surface area contributed by atoms with Crippen molar-refractivity contribution in [1.29, 1.82) is 0 Å². The number of rotatable bonds is 5. The van der Waals surface area contributed by atoms with E-state index in [1.165, 1.54) is 0 Å². The smallest absolute Gasteiger partial charge is 0.157 e. The normalized spacial score (nSPS) is 16.9. The van der Waals surface area contributed by atoms with Gasteiger partial charge in [-0.1, -0.05) is 18.2 Å². The predicted octanol–water partition coefficient (Wildman–Crippen LogP) is 1.92. The van der Waals surface area contributed by atoms with Crippen LogP contribution in [0.4, 0.5) is 0 Å². The molecule has 20 heavy (non-hydrogen) atoms. The molecule has 1 saturated heterocycles. The van der Waals surface area contributed by atoms with Gasteiger partial charge >= 0.3 is 0 Å². The summed E-state index contributed by atoms with van der Waals surface area (Å²) in [7, 11) is 1.64. The van der Waals surface area contributed by atoms with Gasteiger partial charge < -0.3 is 9.47 Å². The largest absolute Gasteiger partial charge is 0.496 e. The molecule has 0 spiro atoms. The monoisotopic (exact) mass is 277 g/mol. The van der Waals surface area contributed by atoms with Crippen molar-refractivity contribution in [3.05, 3.63) is 29.8 Å². The van der Waals surface area contributed by atoms with E-state index in [2.05, 4.69) is 4.90 Å². The highest BCUT2D eigenvalue weighted by molar-refractivity contribution is 5.89. The third-order valence-electron chi connectivity index (χ3n) is 4.03. The zero-order valence-corrected chi connectivity index (χ0v) is 12.5. The number of hydrogen-bond donors (Lipinski definition) is 0. The fraction of sp³-hybridized carbons (Fsp3) is 0.562. The minimum absolute atomic E-state index is 0.212. The second kappa shape index (κ2) is 6.37. The first-order valence-electron chi connectivity index (χ1n) is 7.03. The lowest BCUT2D eigenvalue weighted by atomic mass is 9.91. The molecule has 1 aromatic rings. The zero-order chi connectivity index (χ0) is 14.6. The number of hydrogen-bond acceptors (Lipinski definition) is 4. The van der Waals surface area contributed by atoms with Gasteiger partial charge in [0.1, 0.15) is 5.75 Å². The molecule has 1 aromatic carbocycles. The fourth-order valence-corrected chi connectivity index (χ4v) is 2.54. The van der Waals surface area contributed by atoms with E-state index in [0.29, 0.717) is 19.6 Å². The number of carbonyl (C=O) groups excluding carboxylic acids is 1. The van der Waals surface area contributed by atoms with Crippen LogP contribution < -0.4 is 4.74 Å². The Bertz CT molecular complexity index is 465. The van der Waals surface area contributed by atoms with Gasteiger partial charge in [0.05, 0.1) is 25.9 Å². The van der Waals surface area contributed by atoms with E-state index in [-0.39, 0.29) is 5.78 Å². The molecule has 110 valence electrons. The maximum Gasteiger partial charge on any atom is 0.157 e. The predicted molar refractivity (Wildman–Crippen MR) is 78.2 cm³/mol. The van der Waals surface area contributed by atoms with Crippen LogP contribution in [0.15, 0.2) is 24.3 Å². The Hall–Kier alpha value is -1.39. The summed E-state index contributed by atoms with van der Waals surface area (Å²) in [4.78, 5) is 14.9. The van der Waals surface area contributed by atoms with Crippen molar-refractivity contribution < 1.29 is 14.3 Å². The van der Waals surface area contributed by atoms with Crippen LogP contribution in [0.1, 0.15) is 19.4 Å². The summed E-state index contributed by atoms with van der Waals surface area (Å²) in [6.45, 7) is 7.01. The second-order valence-corrected chi connectivity index (χ2v) is 5.57. The molecular formula is C16H23NO3. The van der Waals surface area contributed by atoms with E-state index in [9.17, 15) is 4.79 Å². The average molecular weight is 277 g/mol. The van der Waals surface area contributed by atoms with Gasteiger partial charge in [-0.25, -0.2) is 0 Å². The third kappa shape index (κ3) is 3.19. The number of methoxy groups -OCH3 is 1. The van der Waals surface area contributed by atoms with Crippen molar-refractivity contribution in [2.75, 3.05) is 33.4 Å². The maximum absolute atomic E-state index is 12.7. The van der Waals surface area contributed by atoms with E-state index >= 15 is 0 Å². The molecule has 0 aromatic heterocycles. The molecule has 4 heteroatoms. The van der Waals surface area contributed by atoms with Crippen LogP contribution in [0.2, 0.25) is 0 Å². The van der Waals surface area contributed by atoms with Crippen LogP contribution in [0, 0.1) is 0 Å². The standard InChI is InChI=1S/C16H23NO3/c1-16(2,17-8-10-20-11-9-17)15(18)12-13-6-4-5-7-14(13)19-3/h4-7H,8-12H2,1-3H3. The summed E-state index contributed by atoms with van der Waals surface area (Å²) in [5.74, 6) is 0.988. The summed E-state index contributed by atoms with van der Waals surface area (Å²) in [6, 6.07) is 7.70. The van der Waals surface area contributed by atoms with Gasteiger partial charge in [0, 0.05) is 25.1 Å². The first kappa shape index (κ1) is 15.0. The van der Waals surface area contributed by atoms with Crippen molar-refractivity contribution in [1.82, 2.24) is 4.90 Å². The Labute approximate surface area is 120 Å². The Morgan fingerprint density at radius 2 is 1.95 bits per heavy atom. The molecule has 0 N–H and O–H groups in total. The molecule has 1 aliphatic heterocycles. The summed E-state index contributed by atoms with van der Waals surface area (Å²) in [5.41, 5.74) is 0.478. The molecule has 1 fully saturated rings. The second-order valence-electron chi connectivity index (χ2n) is 5.57. The number of Topliss-reactive ketones (excluding diaryl/α,β-unsaturated/α-hetero) is 1. The molecular weight excluding hydrogens is 254 g/mol. The lowest BCUT2D eigenvalue weighted by Gasteiger charge is -2.39. The summed E-state index contributed by atoms with van der Waals surface area (Å²) < 4.78 is 10.7. The van der Waals surface area contributed by atoms with Gasteiger partial charge in [-0.05, 0) is 19.9 Å². The van der Waals surface area contributed by atoms with Gasteiger partial charge in [0.15, 0.2) is 5.78 Å². The lowest BCUT2D eigenvalue weighted by Crippen LogP contribution is -2.54. The number of nitrogens with zero attached hydrogens (tertiary/aromatic N) is 1. The minimum Gasteiger partial charge on any atom is -0.496 e. The summed E-state index contributed by atoms with van der Waals surface area (Å²) >= 11 is 0. The SMILES string of the molecule is COc1ccccc1CC(=O)C(C)(C)N1CCOCC1. The van der Waals surface area contributed by atoms with E-state index < -0.39 is 5.54 Å². The van der Waals surface area contributed by atoms with Crippen LogP contribution >= 0.6 is 0 Å². The molecule has 2 rings (SSSR count). The molecule has 0 atom stereocenters. The van der Waals surface area contributed by atoms with Crippen LogP contribution in [0.25, 0.3) is 0 Å². The quantitative estimate of drug-likeness (QED) is 0.824. The van der Waals surface area contributed by atoms with Crippen molar-refractivity contribution in [3.8, 4) is 5.75 Å². The van der Waals surface area contributed by atoms with Gasteiger partial charge in [-0.2, -0.15) is 0 Å². The lowest BCUT2D eigenvalue weighted by molar-refractivity contribution is -0.131. The van der Waals surface area contributed by atoms with Gasteiger partial charge in [0.2, 0.25) is 0 Å². The number of ketones is 1. The van der Waals surface area contributed by atoms with Crippen LogP contribution in [0.3, 0.4) is 0 Å². The summed E-state index contributed by atoms with van der Waals surface area (Å²) in [6.07, 6.45) is 0.397. The minimum atomic E-state index is -0.468. The van der Waals surface area contributed by atoms with Crippen molar-refractivity contribution in [3.63, 3.8) is 0 Å². The number of benzene rings is 1. The van der Waals surface area contributed by atoms with Crippen LogP contribution in [-0.4, -0.2) is 49.6 Å². The molecule has 1 aliphatic rings. The Balaban J connectivity index is 2.10. The molecule has 0 unspecified atom stereocenters. The first-order valence-corrected chi connectivity index (χ1v) is 7.03. The maximum atomic E-state index is 12.7. The molecule has 0 amide bonds. The third-order valence-corrected chi connectivity index (χ3v) is 4.03. The Kier molecular flexibility index (Phi) is 4.78. The zero-order valence-electron chi connectivity index (χ0n) is 12.5. The molecule has 0 radical (unpaired) electrons. The molecule has 0 saturated carbocycles. The molecule has 0 aliphatic carbocycles.